The zero-order chi connectivity index (χ0) is 16.0. The van der Waals surface area contributed by atoms with Crippen molar-refractivity contribution in [3.05, 3.63) is 46.2 Å². The van der Waals surface area contributed by atoms with Gasteiger partial charge in [0.05, 0.1) is 21.6 Å². The SMILES string of the molecule is N#Cc1ccc(F)c(-c2ccc3c(nnn3CC3CC3)c2Br)c1. The summed E-state index contributed by atoms with van der Waals surface area (Å²) in [5.74, 6) is 0.331. The molecule has 1 aliphatic rings. The third-order valence-electron chi connectivity index (χ3n) is 4.14. The molecule has 2 aromatic carbocycles. The molecule has 0 unspecified atom stereocenters. The van der Waals surface area contributed by atoms with Crippen LogP contribution >= 0.6 is 15.9 Å². The molecule has 1 fully saturated rings. The van der Waals surface area contributed by atoms with Crippen LogP contribution in [0.25, 0.3) is 22.2 Å². The van der Waals surface area contributed by atoms with Gasteiger partial charge in [0.15, 0.2) is 0 Å². The summed E-state index contributed by atoms with van der Waals surface area (Å²) in [6, 6.07) is 10.1. The highest BCUT2D eigenvalue weighted by atomic mass is 79.9. The van der Waals surface area contributed by atoms with Crippen LogP contribution < -0.4 is 0 Å². The first-order valence-electron chi connectivity index (χ1n) is 7.39. The van der Waals surface area contributed by atoms with Crippen LogP contribution in [0.3, 0.4) is 0 Å². The summed E-state index contributed by atoms with van der Waals surface area (Å²) in [7, 11) is 0. The van der Waals surface area contributed by atoms with Crippen LogP contribution in [0, 0.1) is 23.1 Å². The molecular formula is C17H12BrFN4. The van der Waals surface area contributed by atoms with Crippen molar-refractivity contribution in [3.8, 4) is 17.2 Å². The molecule has 0 atom stereocenters. The number of rotatable bonds is 3. The van der Waals surface area contributed by atoms with Gasteiger partial charge in [0.2, 0.25) is 0 Å². The van der Waals surface area contributed by atoms with E-state index in [1.54, 1.807) is 6.07 Å². The van der Waals surface area contributed by atoms with Crippen LogP contribution in [-0.2, 0) is 6.54 Å². The van der Waals surface area contributed by atoms with Gasteiger partial charge in [-0.25, -0.2) is 9.07 Å². The van der Waals surface area contributed by atoms with Gasteiger partial charge in [-0.15, -0.1) is 5.10 Å². The van der Waals surface area contributed by atoms with Crippen molar-refractivity contribution < 1.29 is 4.39 Å². The number of nitriles is 1. The topological polar surface area (TPSA) is 54.5 Å². The molecule has 0 radical (unpaired) electrons. The fraction of sp³-hybridized carbons (Fsp3) is 0.235. The first-order chi connectivity index (χ1) is 11.2. The quantitative estimate of drug-likeness (QED) is 0.691. The predicted molar refractivity (Wildman–Crippen MR) is 88.1 cm³/mol. The molecule has 4 rings (SSSR count). The lowest BCUT2D eigenvalue weighted by atomic mass is 10.0. The van der Waals surface area contributed by atoms with Crippen molar-refractivity contribution in [2.24, 2.45) is 5.92 Å². The third kappa shape index (κ3) is 2.51. The van der Waals surface area contributed by atoms with Crippen molar-refractivity contribution in [3.63, 3.8) is 0 Å². The Bertz CT molecular complexity index is 953. The number of hydrogen-bond acceptors (Lipinski definition) is 3. The average molecular weight is 371 g/mol. The second kappa shape index (κ2) is 5.43. The molecule has 6 heteroatoms. The van der Waals surface area contributed by atoms with Crippen LogP contribution in [0.4, 0.5) is 4.39 Å². The van der Waals surface area contributed by atoms with Gasteiger partial charge in [-0.3, -0.25) is 0 Å². The fourth-order valence-electron chi connectivity index (χ4n) is 2.69. The second-order valence-corrected chi connectivity index (χ2v) is 6.61. The van der Waals surface area contributed by atoms with E-state index < -0.39 is 0 Å². The number of nitrogens with zero attached hydrogens (tertiary/aromatic N) is 4. The monoisotopic (exact) mass is 370 g/mol. The Balaban J connectivity index is 1.85. The lowest BCUT2D eigenvalue weighted by molar-refractivity contribution is 0.559. The molecule has 114 valence electrons. The van der Waals surface area contributed by atoms with E-state index in [2.05, 4.69) is 26.2 Å². The number of fused-ring (bicyclic) bond motifs is 1. The van der Waals surface area contributed by atoms with Gasteiger partial charge in [-0.05, 0) is 59.0 Å². The number of hydrogen-bond donors (Lipinski definition) is 0. The summed E-state index contributed by atoms with van der Waals surface area (Å²) >= 11 is 3.53. The molecule has 4 nitrogen and oxygen atoms in total. The molecule has 1 aromatic heterocycles. The van der Waals surface area contributed by atoms with E-state index in [-0.39, 0.29) is 5.82 Å². The van der Waals surface area contributed by atoms with E-state index in [4.69, 9.17) is 5.26 Å². The Hall–Kier alpha value is -2.26. The van der Waals surface area contributed by atoms with Gasteiger partial charge in [-0.2, -0.15) is 5.26 Å². The molecule has 1 heterocycles. The summed E-state index contributed by atoms with van der Waals surface area (Å²) in [5.41, 5.74) is 3.13. The zero-order valence-corrected chi connectivity index (χ0v) is 13.7. The van der Waals surface area contributed by atoms with Crippen LogP contribution in [-0.4, -0.2) is 15.0 Å². The number of halogens is 2. The minimum atomic E-state index is -0.366. The largest absolute Gasteiger partial charge is 0.244 e. The molecule has 1 saturated carbocycles. The second-order valence-electron chi connectivity index (χ2n) is 5.82. The Morgan fingerprint density at radius 1 is 1.26 bits per heavy atom. The van der Waals surface area contributed by atoms with Crippen LogP contribution in [0.15, 0.2) is 34.8 Å². The van der Waals surface area contributed by atoms with Gasteiger partial charge in [0.1, 0.15) is 11.3 Å². The summed E-state index contributed by atoms with van der Waals surface area (Å²) in [5, 5.41) is 17.5. The van der Waals surface area contributed by atoms with E-state index in [9.17, 15) is 4.39 Å². The molecule has 23 heavy (non-hydrogen) atoms. The average Bonchev–Trinajstić information content (AvgIpc) is 3.28. The number of aromatic nitrogens is 3. The van der Waals surface area contributed by atoms with E-state index >= 15 is 0 Å². The van der Waals surface area contributed by atoms with E-state index in [1.165, 1.54) is 25.0 Å². The Kier molecular flexibility index (Phi) is 3.38. The summed E-state index contributed by atoms with van der Waals surface area (Å²) < 4.78 is 16.8. The highest BCUT2D eigenvalue weighted by molar-refractivity contribution is 9.10. The lowest BCUT2D eigenvalue weighted by Crippen LogP contribution is -2.01. The molecular weight excluding hydrogens is 359 g/mol. The van der Waals surface area contributed by atoms with E-state index in [1.807, 2.05) is 22.9 Å². The Morgan fingerprint density at radius 3 is 2.83 bits per heavy atom. The van der Waals surface area contributed by atoms with Crippen molar-refractivity contribution >= 4 is 27.0 Å². The molecule has 0 amide bonds. The van der Waals surface area contributed by atoms with Gasteiger partial charge in [0.25, 0.3) is 0 Å². The maximum Gasteiger partial charge on any atom is 0.131 e. The standard InChI is InChI=1S/C17H12BrFN4/c18-16-12(13-7-11(8-20)3-5-14(13)19)4-6-15-17(16)21-22-23(15)9-10-1-2-10/h3-7,10H,1-2,9H2. The van der Waals surface area contributed by atoms with Crippen molar-refractivity contribution in [2.45, 2.75) is 19.4 Å². The minimum Gasteiger partial charge on any atom is -0.244 e. The molecule has 0 aliphatic heterocycles. The molecule has 3 aromatic rings. The fourth-order valence-corrected chi connectivity index (χ4v) is 3.32. The maximum atomic E-state index is 14.2. The van der Waals surface area contributed by atoms with Crippen LogP contribution in [0.1, 0.15) is 18.4 Å². The van der Waals surface area contributed by atoms with Crippen LogP contribution in [0.2, 0.25) is 0 Å². The minimum absolute atomic E-state index is 0.366. The van der Waals surface area contributed by atoms with Gasteiger partial charge >= 0.3 is 0 Å². The number of benzene rings is 2. The first-order valence-corrected chi connectivity index (χ1v) is 8.18. The Labute approximate surface area is 140 Å². The molecule has 0 N–H and O–H groups in total. The highest BCUT2D eigenvalue weighted by Gasteiger charge is 2.24. The zero-order valence-electron chi connectivity index (χ0n) is 12.1. The smallest absolute Gasteiger partial charge is 0.131 e. The normalized spacial score (nSPS) is 14.1. The first kappa shape index (κ1) is 14.3. The third-order valence-corrected chi connectivity index (χ3v) is 4.94. The van der Waals surface area contributed by atoms with Gasteiger partial charge in [-0.1, -0.05) is 11.3 Å². The predicted octanol–water partition coefficient (Wildman–Crippen LogP) is 4.28. The molecule has 0 spiro atoms. The molecule has 1 aliphatic carbocycles. The Morgan fingerprint density at radius 2 is 2.09 bits per heavy atom. The summed E-state index contributed by atoms with van der Waals surface area (Å²) in [4.78, 5) is 0. The molecule has 0 bridgehead atoms. The van der Waals surface area contributed by atoms with Crippen LogP contribution in [0.5, 0.6) is 0 Å². The van der Waals surface area contributed by atoms with E-state index in [0.29, 0.717) is 32.6 Å². The van der Waals surface area contributed by atoms with Gasteiger partial charge in [0, 0.05) is 17.7 Å². The van der Waals surface area contributed by atoms with Crippen molar-refractivity contribution in [1.82, 2.24) is 15.0 Å². The van der Waals surface area contributed by atoms with Crippen molar-refractivity contribution in [1.29, 1.82) is 5.26 Å². The van der Waals surface area contributed by atoms with E-state index in [0.717, 1.165) is 12.1 Å². The summed E-state index contributed by atoms with van der Waals surface area (Å²) in [6.45, 7) is 0.876. The van der Waals surface area contributed by atoms with Crippen molar-refractivity contribution in [2.75, 3.05) is 0 Å². The highest BCUT2D eigenvalue weighted by Crippen LogP contribution is 2.36. The summed E-state index contributed by atoms with van der Waals surface area (Å²) in [6.07, 6.45) is 2.49. The lowest BCUT2D eigenvalue weighted by Gasteiger charge is -2.08. The maximum absolute atomic E-state index is 14.2. The molecule has 0 saturated heterocycles. The van der Waals surface area contributed by atoms with Gasteiger partial charge < -0.3 is 0 Å².